The molecule has 0 heterocycles. The van der Waals surface area contributed by atoms with Crippen LogP contribution in [0, 0.1) is 0 Å². The zero-order valence-corrected chi connectivity index (χ0v) is 7.36. The number of rotatable bonds is 2. The second-order valence-electron chi connectivity index (χ2n) is 3.19. The van der Waals surface area contributed by atoms with E-state index >= 15 is 0 Å². The Balaban J connectivity index is 2.98. The van der Waals surface area contributed by atoms with E-state index in [0.717, 1.165) is 5.56 Å². The Bertz CT molecular complexity index is 239. The summed E-state index contributed by atoms with van der Waals surface area (Å²) in [6, 6.07) is 9.15. The maximum atomic E-state index is 9.81. The molecule has 0 amide bonds. The highest BCUT2D eigenvalue weighted by molar-refractivity contribution is 5.22. The smallest absolute Gasteiger partial charge is 0.112 e. The van der Waals surface area contributed by atoms with Crippen molar-refractivity contribution in [2.75, 3.05) is 0 Å². The van der Waals surface area contributed by atoms with Gasteiger partial charge in [-0.3, -0.25) is 0 Å². The SMILES string of the molecule is C[C@H](O)[C@@](C)(O)c1ccccc1. The molecular weight excluding hydrogens is 152 g/mol. The van der Waals surface area contributed by atoms with E-state index in [1.165, 1.54) is 0 Å². The molecule has 2 nitrogen and oxygen atoms in total. The lowest BCUT2D eigenvalue weighted by molar-refractivity contribution is -0.0569. The van der Waals surface area contributed by atoms with Crippen LogP contribution in [-0.4, -0.2) is 16.3 Å². The minimum absolute atomic E-state index is 0.736. The van der Waals surface area contributed by atoms with E-state index in [-0.39, 0.29) is 0 Å². The molecule has 0 aromatic heterocycles. The highest BCUT2D eigenvalue weighted by Gasteiger charge is 2.28. The molecule has 66 valence electrons. The van der Waals surface area contributed by atoms with Gasteiger partial charge < -0.3 is 10.2 Å². The maximum Gasteiger partial charge on any atom is 0.112 e. The first-order valence-corrected chi connectivity index (χ1v) is 4.01. The van der Waals surface area contributed by atoms with E-state index in [9.17, 15) is 10.2 Å². The van der Waals surface area contributed by atoms with E-state index in [0.29, 0.717) is 0 Å². The Kier molecular flexibility index (Phi) is 2.50. The summed E-state index contributed by atoms with van der Waals surface area (Å²) in [6.45, 7) is 3.18. The van der Waals surface area contributed by atoms with Crippen LogP contribution in [0.4, 0.5) is 0 Å². The van der Waals surface area contributed by atoms with E-state index in [1.54, 1.807) is 26.0 Å². The van der Waals surface area contributed by atoms with Crippen LogP contribution in [0.1, 0.15) is 19.4 Å². The van der Waals surface area contributed by atoms with Gasteiger partial charge in [0.25, 0.3) is 0 Å². The van der Waals surface area contributed by atoms with E-state index in [4.69, 9.17) is 0 Å². The molecule has 0 saturated heterocycles. The third-order valence-corrected chi connectivity index (χ3v) is 2.17. The Morgan fingerprint density at radius 3 is 2.17 bits per heavy atom. The van der Waals surface area contributed by atoms with Gasteiger partial charge in [0.1, 0.15) is 5.60 Å². The fourth-order valence-electron chi connectivity index (χ4n) is 1.02. The monoisotopic (exact) mass is 166 g/mol. The Morgan fingerprint density at radius 1 is 1.25 bits per heavy atom. The number of hydrogen-bond donors (Lipinski definition) is 2. The molecule has 1 aromatic rings. The average Bonchev–Trinajstić information content (AvgIpc) is 2.06. The van der Waals surface area contributed by atoms with Crippen LogP contribution < -0.4 is 0 Å². The van der Waals surface area contributed by atoms with E-state index < -0.39 is 11.7 Å². The molecule has 2 heteroatoms. The third-order valence-electron chi connectivity index (χ3n) is 2.17. The van der Waals surface area contributed by atoms with E-state index in [2.05, 4.69) is 0 Å². The summed E-state index contributed by atoms with van der Waals surface area (Å²) in [5, 5.41) is 19.1. The molecule has 0 fully saturated rings. The van der Waals surface area contributed by atoms with Crippen molar-refractivity contribution >= 4 is 0 Å². The van der Waals surface area contributed by atoms with Crippen LogP contribution in [0.25, 0.3) is 0 Å². The lowest BCUT2D eigenvalue weighted by atomic mass is 9.91. The first-order valence-electron chi connectivity index (χ1n) is 4.01. The predicted molar refractivity (Wildman–Crippen MR) is 47.7 cm³/mol. The van der Waals surface area contributed by atoms with Gasteiger partial charge in [0.2, 0.25) is 0 Å². The molecule has 1 aromatic carbocycles. The summed E-state index contributed by atoms with van der Waals surface area (Å²) in [6.07, 6.45) is -0.764. The van der Waals surface area contributed by atoms with Gasteiger partial charge in [0.05, 0.1) is 6.10 Å². The van der Waals surface area contributed by atoms with Gasteiger partial charge in [0, 0.05) is 0 Å². The van der Waals surface area contributed by atoms with Crippen molar-refractivity contribution in [3.63, 3.8) is 0 Å². The topological polar surface area (TPSA) is 40.5 Å². The Morgan fingerprint density at radius 2 is 1.75 bits per heavy atom. The normalized spacial score (nSPS) is 18.3. The Labute approximate surface area is 72.5 Å². The van der Waals surface area contributed by atoms with Crippen molar-refractivity contribution in [3.05, 3.63) is 35.9 Å². The van der Waals surface area contributed by atoms with Crippen LogP contribution in [-0.2, 0) is 5.60 Å². The highest BCUT2D eigenvalue weighted by Crippen LogP contribution is 2.23. The number of aliphatic hydroxyl groups is 2. The van der Waals surface area contributed by atoms with Crippen molar-refractivity contribution in [2.45, 2.75) is 25.6 Å². The van der Waals surface area contributed by atoms with Gasteiger partial charge in [-0.15, -0.1) is 0 Å². The highest BCUT2D eigenvalue weighted by atomic mass is 16.3. The zero-order valence-electron chi connectivity index (χ0n) is 7.36. The maximum absolute atomic E-state index is 9.81. The largest absolute Gasteiger partial charge is 0.390 e. The van der Waals surface area contributed by atoms with Crippen molar-refractivity contribution in [3.8, 4) is 0 Å². The van der Waals surface area contributed by atoms with Gasteiger partial charge >= 0.3 is 0 Å². The molecular formula is C10H14O2. The molecule has 0 spiro atoms. The quantitative estimate of drug-likeness (QED) is 0.694. The van der Waals surface area contributed by atoms with Gasteiger partial charge in [-0.25, -0.2) is 0 Å². The summed E-state index contributed by atoms with van der Waals surface area (Å²) in [4.78, 5) is 0. The molecule has 0 unspecified atom stereocenters. The standard InChI is InChI=1S/C10H14O2/c1-8(11)10(2,12)9-6-4-3-5-7-9/h3-8,11-12H,1-2H3/t8-,10+/m0/s1. The fourth-order valence-corrected chi connectivity index (χ4v) is 1.02. The van der Waals surface area contributed by atoms with Crippen LogP contribution in [0.15, 0.2) is 30.3 Å². The number of benzene rings is 1. The fraction of sp³-hybridized carbons (Fsp3) is 0.400. The summed E-state index contributed by atoms with van der Waals surface area (Å²) >= 11 is 0. The lowest BCUT2D eigenvalue weighted by Gasteiger charge is -2.26. The molecule has 0 radical (unpaired) electrons. The molecule has 2 atom stereocenters. The van der Waals surface area contributed by atoms with E-state index in [1.807, 2.05) is 18.2 Å². The van der Waals surface area contributed by atoms with Crippen LogP contribution >= 0.6 is 0 Å². The second-order valence-corrected chi connectivity index (χ2v) is 3.19. The average molecular weight is 166 g/mol. The van der Waals surface area contributed by atoms with Crippen LogP contribution in [0.2, 0.25) is 0 Å². The third kappa shape index (κ3) is 1.65. The van der Waals surface area contributed by atoms with Crippen LogP contribution in [0.5, 0.6) is 0 Å². The Hall–Kier alpha value is -0.860. The number of aliphatic hydroxyl groups excluding tert-OH is 1. The van der Waals surface area contributed by atoms with Crippen molar-refractivity contribution in [2.24, 2.45) is 0 Å². The summed E-state index contributed by atoms with van der Waals surface area (Å²) in [5.74, 6) is 0. The first kappa shape index (κ1) is 9.23. The van der Waals surface area contributed by atoms with Gasteiger partial charge in [0.15, 0.2) is 0 Å². The molecule has 0 bridgehead atoms. The molecule has 0 saturated carbocycles. The second kappa shape index (κ2) is 3.25. The van der Waals surface area contributed by atoms with Crippen molar-refractivity contribution in [1.29, 1.82) is 0 Å². The predicted octanol–water partition coefficient (Wildman–Crippen LogP) is 1.27. The van der Waals surface area contributed by atoms with Crippen molar-refractivity contribution in [1.82, 2.24) is 0 Å². The van der Waals surface area contributed by atoms with Gasteiger partial charge in [-0.2, -0.15) is 0 Å². The van der Waals surface area contributed by atoms with Crippen molar-refractivity contribution < 1.29 is 10.2 Å². The minimum Gasteiger partial charge on any atom is -0.390 e. The lowest BCUT2D eigenvalue weighted by Crippen LogP contribution is -2.33. The van der Waals surface area contributed by atoms with Gasteiger partial charge in [-0.1, -0.05) is 30.3 Å². The van der Waals surface area contributed by atoms with Crippen LogP contribution in [0.3, 0.4) is 0 Å². The molecule has 2 N–H and O–H groups in total. The molecule has 0 aliphatic carbocycles. The number of hydrogen-bond acceptors (Lipinski definition) is 2. The summed E-state index contributed by atoms with van der Waals surface area (Å²) in [5.41, 5.74) is -0.415. The van der Waals surface area contributed by atoms with Gasteiger partial charge in [-0.05, 0) is 19.4 Å². The molecule has 0 aliphatic rings. The summed E-state index contributed by atoms with van der Waals surface area (Å²) in [7, 11) is 0. The molecule has 12 heavy (non-hydrogen) atoms. The zero-order chi connectivity index (χ0) is 9.19. The summed E-state index contributed by atoms with van der Waals surface area (Å²) < 4.78 is 0. The molecule has 1 rings (SSSR count). The molecule has 0 aliphatic heterocycles. The first-order chi connectivity index (χ1) is 5.55. The minimum atomic E-state index is -1.15.